The minimum absolute atomic E-state index is 0.00872. The van der Waals surface area contributed by atoms with Crippen molar-refractivity contribution in [1.82, 2.24) is 0 Å². The van der Waals surface area contributed by atoms with E-state index < -0.39 is 0 Å². The van der Waals surface area contributed by atoms with Crippen LogP contribution in [0.25, 0.3) is 0 Å². The van der Waals surface area contributed by atoms with Gasteiger partial charge in [0.05, 0.1) is 5.69 Å². The number of amides is 1. The molecule has 1 saturated heterocycles. The van der Waals surface area contributed by atoms with Crippen LogP contribution in [0.15, 0.2) is 12.1 Å². The Morgan fingerprint density at radius 2 is 2.19 bits per heavy atom. The molecular formula is C16H21FN2OS. The lowest BCUT2D eigenvalue weighted by Gasteiger charge is -2.35. The summed E-state index contributed by atoms with van der Waals surface area (Å²) in [6.45, 7) is 4.49. The zero-order valence-electron chi connectivity index (χ0n) is 12.5. The Kier molecular flexibility index (Phi) is 3.86. The molecule has 1 fully saturated rings. The van der Waals surface area contributed by atoms with Gasteiger partial charge in [0, 0.05) is 23.9 Å². The van der Waals surface area contributed by atoms with Crippen LogP contribution in [-0.2, 0) is 11.2 Å². The van der Waals surface area contributed by atoms with E-state index in [1.807, 2.05) is 11.8 Å². The summed E-state index contributed by atoms with van der Waals surface area (Å²) in [5, 5.41) is 6.15. The Hall–Kier alpha value is -1.23. The van der Waals surface area contributed by atoms with Crippen LogP contribution in [0.2, 0.25) is 0 Å². The van der Waals surface area contributed by atoms with E-state index in [9.17, 15) is 9.18 Å². The first-order valence-corrected chi connectivity index (χ1v) is 8.55. The zero-order chi connectivity index (χ0) is 15.0. The molecule has 0 aromatic heterocycles. The van der Waals surface area contributed by atoms with Crippen molar-refractivity contribution in [3.63, 3.8) is 0 Å². The first-order valence-electron chi connectivity index (χ1n) is 7.39. The van der Waals surface area contributed by atoms with Gasteiger partial charge in [-0.1, -0.05) is 13.8 Å². The maximum Gasteiger partial charge on any atom is 0.224 e. The number of rotatable bonds is 2. The molecule has 1 aromatic rings. The molecule has 3 rings (SSSR count). The topological polar surface area (TPSA) is 41.1 Å². The van der Waals surface area contributed by atoms with Gasteiger partial charge in [-0.05, 0) is 41.7 Å². The SMILES string of the molecule is CC1(C)CSCC(Nc2cc3c(cc2F)CCC(=O)N3)C1. The average molecular weight is 308 g/mol. The van der Waals surface area contributed by atoms with E-state index in [-0.39, 0.29) is 23.2 Å². The highest BCUT2D eigenvalue weighted by Crippen LogP contribution is 2.36. The molecule has 0 aliphatic carbocycles. The maximum absolute atomic E-state index is 14.2. The maximum atomic E-state index is 14.2. The van der Waals surface area contributed by atoms with E-state index in [0.29, 0.717) is 18.5 Å². The molecule has 0 spiro atoms. The Balaban J connectivity index is 1.79. The molecular weight excluding hydrogens is 287 g/mol. The average Bonchev–Trinajstić information content (AvgIpc) is 2.39. The number of fused-ring (bicyclic) bond motifs is 1. The first-order chi connectivity index (χ1) is 9.93. The summed E-state index contributed by atoms with van der Waals surface area (Å²) in [7, 11) is 0. The fraction of sp³-hybridized carbons (Fsp3) is 0.562. The van der Waals surface area contributed by atoms with Crippen LogP contribution in [0.1, 0.15) is 32.3 Å². The fourth-order valence-electron chi connectivity index (χ4n) is 3.08. The van der Waals surface area contributed by atoms with Gasteiger partial charge in [0.1, 0.15) is 5.82 Å². The molecule has 1 unspecified atom stereocenters. The molecule has 21 heavy (non-hydrogen) atoms. The second-order valence-electron chi connectivity index (χ2n) is 6.76. The Morgan fingerprint density at radius 1 is 1.38 bits per heavy atom. The summed E-state index contributed by atoms with van der Waals surface area (Å²) in [4.78, 5) is 11.5. The van der Waals surface area contributed by atoms with Crippen molar-refractivity contribution in [3.8, 4) is 0 Å². The highest BCUT2D eigenvalue weighted by molar-refractivity contribution is 7.99. The predicted molar refractivity (Wildman–Crippen MR) is 86.5 cm³/mol. The van der Waals surface area contributed by atoms with Crippen molar-refractivity contribution in [1.29, 1.82) is 0 Å². The summed E-state index contributed by atoms with van der Waals surface area (Å²) in [5.41, 5.74) is 2.41. The molecule has 5 heteroatoms. The molecule has 2 heterocycles. The number of nitrogens with one attached hydrogen (secondary N) is 2. The van der Waals surface area contributed by atoms with Gasteiger partial charge in [-0.25, -0.2) is 4.39 Å². The van der Waals surface area contributed by atoms with Crippen LogP contribution in [0, 0.1) is 11.2 Å². The summed E-state index contributed by atoms with van der Waals surface area (Å²) in [6.07, 6.45) is 2.08. The lowest BCUT2D eigenvalue weighted by molar-refractivity contribution is -0.116. The minimum atomic E-state index is -0.224. The molecule has 114 valence electrons. The van der Waals surface area contributed by atoms with Crippen molar-refractivity contribution in [2.75, 3.05) is 22.1 Å². The molecule has 0 radical (unpaired) electrons. The van der Waals surface area contributed by atoms with Crippen molar-refractivity contribution in [2.24, 2.45) is 5.41 Å². The molecule has 3 nitrogen and oxygen atoms in total. The smallest absolute Gasteiger partial charge is 0.224 e. The van der Waals surface area contributed by atoms with Crippen molar-refractivity contribution >= 4 is 29.0 Å². The highest BCUT2D eigenvalue weighted by atomic mass is 32.2. The largest absolute Gasteiger partial charge is 0.379 e. The second kappa shape index (κ2) is 5.52. The van der Waals surface area contributed by atoms with E-state index in [1.54, 1.807) is 12.1 Å². The molecule has 2 aliphatic rings. The number of benzene rings is 1. The number of hydrogen-bond donors (Lipinski definition) is 2. The predicted octanol–water partition coefficient (Wildman–Crippen LogP) is 3.65. The molecule has 0 saturated carbocycles. The van der Waals surface area contributed by atoms with Gasteiger partial charge in [0.25, 0.3) is 0 Å². The first kappa shape index (κ1) is 14.7. The number of halogens is 1. The van der Waals surface area contributed by atoms with Gasteiger partial charge < -0.3 is 10.6 Å². The Bertz CT molecular complexity index is 574. The standard InChI is InChI=1S/C16H21FN2OS/c1-16(2)7-11(8-21-9-16)18-14-6-13-10(5-12(14)17)3-4-15(20)19-13/h5-6,11,18H,3-4,7-9H2,1-2H3,(H,19,20). The van der Waals surface area contributed by atoms with E-state index in [4.69, 9.17) is 0 Å². The third-order valence-electron chi connectivity index (χ3n) is 4.06. The van der Waals surface area contributed by atoms with Crippen LogP contribution in [0.3, 0.4) is 0 Å². The van der Waals surface area contributed by atoms with Gasteiger partial charge in [-0.2, -0.15) is 11.8 Å². The quantitative estimate of drug-likeness (QED) is 0.876. The number of anilines is 2. The molecule has 2 aliphatic heterocycles. The summed E-state index contributed by atoms with van der Waals surface area (Å²) in [6, 6.07) is 3.57. The van der Waals surface area contributed by atoms with Crippen molar-refractivity contribution in [3.05, 3.63) is 23.5 Å². The third kappa shape index (κ3) is 3.34. The lowest BCUT2D eigenvalue weighted by atomic mass is 9.87. The number of carbonyl (C=O) groups is 1. The summed E-state index contributed by atoms with van der Waals surface area (Å²) >= 11 is 1.91. The molecule has 2 N–H and O–H groups in total. The second-order valence-corrected chi connectivity index (χ2v) is 7.79. The zero-order valence-corrected chi connectivity index (χ0v) is 13.3. The van der Waals surface area contributed by atoms with Crippen LogP contribution in [0.5, 0.6) is 0 Å². The third-order valence-corrected chi connectivity index (χ3v) is 5.68. The van der Waals surface area contributed by atoms with Gasteiger partial charge in [0.2, 0.25) is 5.91 Å². The normalized spacial score (nSPS) is 24.1. The van der Waals surface area contributed by atoms with E-state index in [2.05, 4.69) is 24.5 Å². The summed E-state index contributed by atoms with van der Waals surface area (Å²) in [5.74, 6) is 1.92. The number of aryl methyl sites for hydroxylation is 1. The van der Waals surface area contributed by atoms with Crippen LogP contribution in [-0.4, -0.2) is 23.5 Å². The van der Waals surface area contributed by atoms with E-state index in [1.165, 1.54) is 0 Å². The van der Waals surface area contributed by atoms with Crippen LogP contribution < -0.4 is 10.6 Å². The number of carbonyl (C=O) groups excluding carboxylic acids is 1. The fourth-order valence-corrected chi connectivity index (χ4v) is 4.36. The van der Waals surface area contributed by atoms with Gasteiger partial charge >= 0.3 is 0 Å². The molecule has 1 atom stereocenters. The van der Waals surface area contributed by atoms with E-state index >= 15 is 0 Å². The Morgan fingerprint density at radius 3 is 2.95 bits per heavy atom. The van der Waals surface area contributed by atoms with Crippen molar-refractivity contribution < 1.29 is 9.18 Å². The lowest BCUT2D eigenvalue weighted by Crippen LogP contribution is -2.35. The highest BCUT2D eigenvalue weighted by Gasteiger charge is 2.29. The van der Waals surface area contributed by atoms with Gasteiger partial charge in [-0.15, -0.1) is 0 Å². The number of thioether (sulfide) groups is 1. The molecule has 1 amide bonds. The number of hydrogen-bond acceptors (Lipinski definition) is 3. The van der Waals surface area contributed by atoms with Gasteiger partial charge in [0.15, 0.2) is 0 Å². The minimum Gasteiger partial charge on any atom is -0.379 e. The molecule has 0 bridgehead atoms. The van der Waals surface area contributed by atoms with Crippen LogP contribution in [0.4, 0.5) is 15.8 Å². The molecule has 1 aromatic carbocycles. The van der Waals surface area contributed by atoms with Crippen LogP contribution >= 0.6 is 11.8 Å². The monoisotopic (exact) mass is 308 g/mol. The van der Waals surface area contributed by atoms with Crippen molar-refractivity contribution in [2.45, 2.75) is 39.2 Å². The Labute approximate surface area is 129 Å². The van der Waals surface area contributed by atoms with Gasteiger partial charge in [-0.3, -0.25) is 4.79 Å². The van der Waals surface area contributed by atoms with E-state index in [0.717, 1.165) is 29.2 Å². The summed E-state index contributed by atoms with van der Waals surface area (Å²) < 4.78 is 14.2.